The van der Waals surface area contributed by atoms with Gasteiger partial charge in [0.25, 0.3) is 0 Å². The molecule has 4 nitrogen and oxygen atoms in total. The molecule has 1 N–H and O–H groups in total. The maximum absolute atomic E-state index is 11.6. The SMILES string of the molecule is CNCCc1csc(C2CCCS(=O)(=O)C2)n1. The molecule has 1 aromatic rings. The Labute approximate surface area is 106 Å². The number of likely N-dealkylation sites (N-methyl/N-ethyl adjacent to an activating group) is 1. The Morgan fingerprint density at radius 2 is 2.41 bits per heavy atom. The van der Waals surface area contributed by atoms with Crippen LogP contribution in [0.4, 0.5) is 0 Å². The zero-order valence-corrected chi connectivity index (χ0v) is 11.6. The van der Waals surface area contributed by atoms with Crippen LogP contribution in [0.15, 0.2) is 5.38 Å². The first-order valence-corrected chi connectivity index (χ1v) is 8.60. The van der Waals surface area contributed by atoms with E-state index >= 15 is 0 Å². The van der Waals surface area contributed by atoms with Gasteiger partial charge in [-0.15, -0.1) is 11.3 Å². The standard InChI is InChI=1S/C11H18N2O2S2/c1-12-5-4-10-7-16-11(13-10)9-3-2-6-17(14,15)8-9/h7,9,12H,2-6,8H2,1H3. The van der Waals surface area contributed by atoms with Gasteiger partial charge in [-0.3, -0.25) is 0 Å². The van der Waals surface area contributed by atoms with Crippen molar-refractivity contribution in [1.82, 2.24) is 10.3 Å². The number of rotatable bonds is 4. The number of hydrogen-bond acceptors (Lipinski definition) is 5. The minimum absolute atomic E-state index is 0.127. The van der Waals surface area contributed by atoms with Gasteiger partial charge in [0, 0.05) is 24.3 Å². The van der Waals surface area contributed by atoms with Gasteiger partial charge in [-0.1, -0.05) is 0 Å². The summed E-state index contributed by atoms with van der Waals surface area (Å²) in [5.41, 5.74) is 1.07. The predicted molar refractivity (Wildman–Crippen MR) is 70.4 cm³/mol. The smallest absolute Gasteiger partial charge is 0.151 e. The minimum atomic E-state index is -2.83. The number of sulfone groups is 1. The number of nitrogens with zero attached hydrogens (tertiary/aromatic N) is 1. The van der Waals surface area contributed by atoms with E-state index in [9.17, 15) is 8.42 Å². The van der Waals surface area contributed by atoms with Crippen LogP contribution in [-0.2, 0) is 16.3 Å². The topological polar surface area (TPSA) is 59.1 Å². The van der Waals surface area contributed by atoms with Crippen LogP contribution in [0.5, 0.6) is 0 Å². The van der Waals surface area contributed by atoms with Crippen molar-refractivity contribution in [3.8, 4) is 0 Å². The van der Waals surface area contributed by atoms with Crippen molar-refractivity contribution in [3.63, 3.8) is 0 Å². The lowest BCUT2D eigenvalue weighted by molar-refractivity contribution is 0.552. The molecule has 96 valence electrons. The number of aromatic nitrogens is 1. The normalized spacial score (nSPS) is 23.7. The van der Waals surface area contributed by atoms with Crippen LogP contribution in [0.2, 0.25) is 0 Å². The first-order chi connectivity index (χ1) is 8.11. The summed E-state index contributed by atoms with van der Waals surface area (Å²) < 4.78 is 23.2. The molecule has 0 aliphatic carbocycles. The highest BCUT2D eigenvalue weighted by Crippen LogP contribution is 2.30. The number of hydrogen-bond donors (Lipinski definition) is 1. The van der Waals surface area contributed by atoms with Crippen molar-refractivity contribution in [2.75, 3.05) is 25.1 Å². The minimum Gasteiger partial charge on any atom is -0.319 e. The lowest BCUT2D eigenvalue weighted by Crippen LogP contribution is -2.23. The van der Waals surface area contributed by atoms with E-state index in [1.54, 1.807) is 11.3 Å². The lowest BCUT2D eigenvalue weighted by atomic mass is 10.1. The third kappa shape index (κ3) is 3.50. The van der Waals surface area contributed by atoms with Crippen LogP contribution in [0, 0.1) is 0 Å². The van der Waals surface area contributed by atoms with E-state index in [1.165, 1.54) is 0 Å². The van der Waals surface area contributed by atoms with E-state index < -0.39 is 9.84 Å². The molecule has 1 unspecified atom stereocenters. The van der Waals surface area contributed by atoms with Gasteiger partial charge in [0.2, 0.25) is 0 Å². The molecule has 0 spiro atoms. The average Bonchev–Trinajstić information content (AvgIpc) is 2.73. The molecular formula is C11H18N2O2S2. The van der Waals surface area contributed by atoms with E-state index in [4.69, 9.17) is 0 Å². The average molecular weight is 274 g/mol. The fraction of sp³-hybridized carbons (Fsp3) is 0.727. The van der Waals surface area contributed by atoms with Crippen LogP contribution < -0.4 is 5.32 Å². The van der Waals surface area contributed by atoms with Gasteiger partial charge in [-0.25, -0.2) is 13.4 Å². The molecule has 1 saturated heterocycles. The highest BCUT2D eigenvalue weighted by atomic mass is 32.2. The predicted octanol–water partition coefficient (Wildman–Crippen LogP) is 1.20. The molecule has 2 heterocycles. The molecule has 0 radical (unpaired) electrons. The van der Waals surface area contributed by atoms with Crippen molar-refractivity contribution >= 4 is 21.2 Å². The summed E-state index contributed by atoms with van der Waals surface area (Å²) in [5.74, 6) is 0.759. The van der Waals surface area contributed by atoms with Gasteiger partial charge in [0.05, 0.1) is 22.2 Å². The molecule has 1 atom stereocenters. The van der Waals surface area contributed by atoms with E-state index in [0.29, 0.717) is 5.75 Å². The van der Waals surface area contributed by atoms with Gasteiger partial charge in [0.1, 0.15) is 0 Å². The quantitative estimate of drug-likeness (QED) is 0.896. The Morgan fingerprint density at radius 3 is 3.12 bits per heavy atom. The summed E-state index contributed by atoms with van der Waals surface area (Å²) in [6.07, 6.45) is 2.64. The fourth-order valence-corrected chi connectivity index (χ4v) is 4.90. The van der Waals surface area contributed by atoms with Crippen LogP contribution >= 0.6 is 11.3 Å². The summed E-state index contributed by atoms with van der Waals surface area (Å²) in [5, 5.41) is 6.14. The van der Waals surface area contributed by atoms with Gasteiger partial charge in [-0.05, 0) is 19.9 Å². The molecular weight excluding hydrogens is 256 g/mol. The highest BCUT2D eigenvalue weighted by molar-refractivity contribution is 7.91. The molecule has 1 aromatic heterocycles. The molecule has 17 heavy (non-hydrogen) atoms. The Balaban J connectivity index is 2.04. The van der Waals surface area contributed by atoms with E-state index in [1.807, 2.05) is 12.4 Å². The maximum atomic E-state index is 11.6. The lowest BCUT2D eigenvalue weighted by Gasteiger charge is -2.19. The zero-order chi connectivity index (χ0) is 12.3. The zero-order valence-electron chi connectivity index (χ0n) is 9.98. The Hall–Kier alpha value is -0.460. The van der Waals surface area contributed by atoms with E-state index in [0.717, 1.165) is 36.5 Å². The third-order valence-electron chi connectivity index (χ3n) is 3.01. The van der Waals surface area contributed by atoms with Crippen LogP contribution in [-0.4, -0.2) is 38.5 Å². The van der Waals surface area contributed by atoms with Crippen molar-refractivity contribution in [2.45, 2.75) is 25.2 Å². The second-order valence-electron chi connectivity index (χ2n) is 4.48. The van der Waals surface area contributed by atoms with Gasteiger partial charge < -0.3 is 5.32 Å². The number of nitrogens with one attached hydrogen (secondary N) is 1. The molecule has 6 heteroatoms. The highest BCUT2D eigenvalue weighted by Gasteiger charge is 2.27. The Bertz CT molecular complexity index is 468. The summed E-state index contributed by atoms with van der Waals surface area (Å²) in [6.45, 7) is 0.909. The van der Waals surface area contributed by atoms with Crippen LogP contribution in [0.1, 0.15) is 29.5 Å². The van der Waals surface area contributed by atoms with Crippen LogP contribution in [0.25, 0.3) is 0 Å². The largest absolute Gasteiger partial charge is 0.319 e. The summed E-state index contributed by atoms with van der Waals surface area (Å²) >= 11 is 1.60. The van der Waals surface area contributed by atoms with E-state index in [-0.39, 0.29) is 11.7 Å². The van der Waals surface area contributed by atoms with Crippen LogP contribution in [0.3, 0.4) is 0 Å². The van der Waals surface area contributed by atoms with E-state index in [2.05, 4.69) is 10.3 Å². The van der Waals surface area contributed by atoms with Crippen molar-refractivity contribution in [1.29, 1.82) is 0 Å². The third-order valence-corrected chi connectivity index (χ3v) is 5.89. The first kappa shape index (κ1) is 13.0. The maximum Gasteiger partial charge on any atom is 0.151 e. The Morgan fingerprint density at radius 1 is 1.59 bits per heavy atom. The van der Waals surface area contributed by atoms with Crippen molar-refractivity contribution in [3.05, 3.63) is 16.1 Å². The van der Waals surface area contributed by atoms with Crippen molar-refractivity contribution in [2.24, 2.45) is 0 Å². The molecule has 1 aliphatic heterocycles. The monoisotopic (exact) mass is 274 g/mol. The molecule has 0 bridgehead atoms. The molecule has 0 amide bonds. The molecule has 0 saturated carbocycles. The summed E-state index contributed by atoms with van der Waals surface area (Å²) in [7, 11) is -0.916. The molecule has 0 aromatic carbocycles. The fourth-order valence-electron chi connectivity index (χ4n) is 2.10. The summed E-state index contributed by atoms with van der Waals surface area (Å²) in [6, 6.07) is 0. The van der Waals surface area contributed by atoms with Gasteiger partial charge in [-0.2, -0.15) is 0 Å². The molecule has 2 rings (SSSR count). The first-order valence-electron chi connectivity index (χ1n) is 5.90. The summed E-state index contributed by atoms with van der Waals surface area (Å²) in [4.78, 5) is 4.55. The number of thiazole rings is 1. The molecule has 1 aliphatic rings. The van der Waals surface area contributed by atoms with Gasteiger partial charge >= 0.3 is 0 Å². The second kappa shape index (κ2) is 5.46. The van der Waals surface area contributed by atoms with Crippen molar-refractivity contribution < 1.29 is 8.42 Å². The van der Waals surface area contributed by atoms with Gasteiger partial charge in [0.15, 0.2) is 9.84 Å². The Kier molecular flexibility index (Phi) is 4.17. The molecule has 1 fully saturated rings. The second-order valence-corrected chi connectivity index (χ2v) is 7.60.